The molecule has 0 spiro atoms. The maximum Gasteiger partial charge on any atom is 0.230 e. The minimum absolute atomic E-state index is 0.0555. The zero-order valence-corrected chi connectivity index (χ0v) is 14.0. The number of carbonyl (C=O) groups is 1. The second kappa shape index (κ2) is 6.43. The van der Waals surface area contributed by atoms with Gasteiger partial charge in [0.05, 0.1) is 5.41 Å². The molecule has 4 rings (SSSR count). The highest BCUT2D eigenvalue weighted by atomic mass is 19.1. The third-order valence-electron chi connectivity index (χ3n) is 5.17. The lowest BCUT2D eigenvalue weighted by Gasteiger charge is -2.34. The molecule has 1 aliphatic carbocycles. The summed E-state index contributed by atoms with van der Waals surface area (Å²) in [6.45, 7) is 1.62. The molecule has 1 aromatic carbocycles. The lowest BCUT2D eigenvalue weighted by molar-refractivity contribution is -0.124. The van der Waals surface area contributed by atoms with Gasteiger partial charge in [0, 0.05) is 31.5 Å². The van der Waals surface area contributed by atoms with E-state index in [1.54, 1.807) is 30.6 Å². The molecule has 0 radical (unpaired) electrons. The zero-order valence-electron chi connectivity index (χ0n) is 14.0. The molecular formula is C19H21FN4O. The van der Waals surface area contributed by atoms with Crippen LogP contribution in [0.4, 0.5) is 10.3 Å². The van der Waals surface area contributed by atoms with Crippen molar-refractivity contribution in [3.8, 4) is 0 Å². The lowest BCUT2D eigenvalue weighted by Crippen LogP contribution is -2.50. The fourth-order valence-corrected chi connectivity index (χ4v) is 3.60. The van der Waals surface area contributed by atoms with E-state index in [0.29, 0.717) is 5.95 Å². The molecule has 1 saturated heterocycles. The number of halogens is 1. The van der Waals surface area contributed by atoms with Gasteiger partial charge in [-0.3, -0.25) is 4.79 Å². The molecule has 130 valence electrons. The van der Waals surface area contributed by atoms with Crippen LogP contribution in [-0.4, -0.2) is 35.0 Å². The maximum atomic E-state index is 13.2. The second-order valence-corrected chi connectivity index (χ2v) is 6.90. The molecule has 6 heteroatoms. The molecule has 1 unspecified atom stereocenters. The van der Waals surface area contributed by atoms with Gasteiger partial charge in [-0.1, -0.05) is 12.1 Å². The predicted octanol–water partition coefficient (Wildman–Crippen LogP) is 2.43. The molecule has 2 aromatic rings. The monoisotopic (exact) mass is 340 g/mol. The topological polar surface area (TPSA) is 58.1 Å². The standard InChI is InChI=1S/C19H21FN4O/c20-15-6-4-14(5-7-15)19(8-9-19)17(25)23-16-3-1-12-24(13-16)18-21-10-2-11-22-18/h2,4-7,10-11,16H,1,3,8-9,12-13H2,(H,23,25). The van der Waals surface area contributed by atoms with Gasteiger partial charge in [-0.05, 0) is 49.4 Å². The summed E-state index contributed by atoms with van der Waals surface area (Å²) in [5.41, 5.74) is 0.435. The molecule has 1 saturated carbocycles. The highest BCUT2D eigenvalue weighted by Crippen LogP contribution is 2.48. The van der Waals surface area contributed by atoms with Crippen LogP contribution in [0.2, 0.25) is 0 Å². The average Bonchev–Trinajstić information content (AvgIpc) is 3.45. The average molecular weight is 340 g/mol. The lowest BCUT2D eigenvalue weighted by atomic mass is 9.94. The number of nitrogens with one attached hydrogen (secondary N) is 1. The van der Waals surface area contributed by atoms with Crippen LogP contribution in [0.1, 0.15) is 31.2 Å². The number of anilines is 1. The summed E-state index contributed by atoms with van der Waals surface area (Å²) >= 11 is 0. The van der Waals surface area contributed by atoms with Gasteiger partial charge in [0.1, 0.15) is 5.82 Å². The molecule has 1 atom stereocenters. The minimum Gasteiger partial charge on any atom is -0.351 e. The van der Waals surface area contributed by atoms with Crippen LogP contribution in [0.25, 0.3) is 0 Å². The summed E-state index contributed by atoms with van der Waals surface area (Å²) in [5, 5.41) is 3.20. The first-order valence-electron chi connectivity index (χ1n) is 8.76. The van der Waals surface area contributed by atoms with Crippen molar-refractivity contribution in [3.05, 3.63) is 54.1 Å². The van der Waals surface area contributed by atoms with Gasteiger partial charge < -0.3 is 10.2 Å². The number of hydrogen-bond donors (Lipinski definition) is 1. The fraction of sp³-hybridized carbons (Fsp3) is 0.421. The van der Waals surface area contributed by atoms with E-state index < -0.39 is 5.41 Å². The molecule has 1 aromatic heterocycles. The Bertz CT molecular complexity index is 746. The van der Waals surface area contributed by atoms with Crippen molar-refractivity contribution in [2.75, 3.05) is 18.0 Å². The Labute approximate surface area is 146 Å². The summed E-state index contributed by atoms with van der Waals surface area (Å²) in [4.78, 5) is 23.6. The van der Waals surface area contributed by atoms with Crippen LogP contribution >= 0.6 is 0 Å². The summed E-state index contributed by atoms with van der Waals surface area (Å²) in [7, 11) is 0. The van der Waals surface area contributed by atoms with Crippen LogP contribution < -0.4 is 10.2 Å². The van der Waals surface area contributed by atoms with Crippen LogP contribution in [0.5, 0.6) is 0 Å². The van der Waals surface area contributed by atoms with Crippen molar-refractivity contribution < 1.29 is 9.18 Å². The number of rotatable bonds is 4. The van der Waals surface area contributed by atoms with Gasteiger partial charge in [-0.2, -0.15) is 0 Å². The number of nitrogens with zero attached hydrogens (tertiary/aromatic N) is 3. The number of amides is 1. The quantitative estimate of drug-likeness (QED) is 0.929. The molecule has 2 aliphatic rings. The van der Waals surface area contributed by atoms with Crippen molar-refractivity contribution >= 4 is 11.9 Å². The molecule has 1 amide bonds. The molecule has 1 aliphatic heterocycles. The number of carbonyl (C=O) groups excluding carboxylic acids is 1. The van der Waals surface area contributed by atoms with Crippen molar-refractivity contribution in [1.29, 1.82) is 0 Å². The van der Waals surface area contributed by atoms with E-state index in [1.807, 2.05) is 0 Å². The van der Waals surface area contributed by atoms with E-state index in [0.717, 1.165) is 44.3 Å². The van der Waals surface area contributed by atoms with Gasteiger partial charge in [0.15, 0.2) is 0 Å². The van der Waals surface area contributed by atoms with Crippen LogP contribution in [-0.2, 0) is 10.2 Å². The van der Waals surface area contributed by atoms with E-state index in [-0.39, 0.29) is 17.8 Å². The summed E-state index contributed by atoms with van der Waals surface area (Å²) < 4.78 is 13.2. The van der Waals surface area contributed by atoms with Crippen LogP contribution in [0.3, 0.4) is 0 Å². The predicted molar refractivity (Wildman–Crippen MR) is 92.7 cm³/mol. The van der Waals surface area contributed by atoms with Crippen molar-refractivity contribution in [3.63, 3.8) is 0 Å². The highest BCUT2D eigenvalue weighted by Gasteiger charge is 2.51. The normalized spacial score (nSPS) is 21.6. The Morgan fingerprint density at radius 3 is 2.60 bits per heavy atom. The largest absolute Gasteiger partial charge is 0.351 e. The Morgan fingerprint density at radius 2 is 1.92 bits per heavy atom. The Morgan fingerprint density at radius 1 is 1.20 bits per heavy atom. The zero-order chi connectivity index (χ0) is 17.3. The molecule has 1 N–H and O–H groups in total. The third kappa shape index (κ3) is 3.21. The summed E-state index contributed by atoms with van der Waals surface area (Å²) in [5.74, 6) is 0.492. The Kier molecular flexibility index (Phi) is 4.11. The van der Waals surface area contributed by atoms with Gasteiger partial charge in [0.25, 0.3) is 0 Å². The Balaban J connectivity index is 1.43. The van der Waals surface area contributed by atoms with Gasteiger partial charge in [-0.25, -0.2) is 14.4 Å². The Hall–Kier alpha value is -2.50. The first kappa shape index (κ1) is 16.0. The molecular weight excluding hydrogens is 319 g/mol. The van der Waals surface area contributed by atoms with Gasteiger partial charge >= 0.3 is 0 Å². The van der Waals surface area contributed by atoms with E-state index in [2.05, 4.69) is 20.2 Å². The van der Waals surface area contributed by atoms with Crippen molar-refractivity contribution in [2.45, 2.75) is 37.1 Å². The highest BCUT2D eigenvalue weighted by molar-refractivity contribution is 5.91. The molecule has 2 heterocycles. The van der Waals surface area contributed by atoms with E-state index >= 15 is 0 Å². The van der Waals surface area contributed by atoms with Gasteiger partial charge in [0.2, 0.25) is 11.9 Å². The number of benzene rings is 1. The summed E-state index contributed by atoms with van der Waals surface area (Å²) in [6.07, 6.45) is 7.06. The SMILES string of the molecule is O=C(NC1CCCN(c2ncccn2)C1)C1(c2ccc(F)cc2)CC1. The molecule has 0 bridgehead atoms. The first-order chi connectivity index (χ1) is 12.2. The first-order valence-corrected chi connectivity index (χ1v) is 8.76. The minimum atomic E-state index is -0.473. The number of aromatic nitrogens is 2. The smallest absolute Gasteiger partial charge is 0.230 e. The fourth-order valence-electron chi connectivity index (χ4n) is 3.60. The van der Waals surface area contributed by atoms with Crippen molar-refractivity contribution in [2.24, 2.45) is 0 Å². The van der Waals surface area contributed by atoms with Crippen molar-refractivity contribution in [1.82, 2.24) is 15.3 Å². The maximum absolute atomic E-state index is 13.2. The molecule has 25 heavy (non-hydrogen) atoms. The third-order valence-corrected chi connectivity index (χ3v) is 5.17. The number of hydrogen-bond acceptors (Lipinski definition) is 4. The summed E-state index contributed by atoms with van der Waals surface area (Å²) in [6, 6.07) is 8.20. The van der Waals surface area contributed by atoms with Gasteiger partial charge in [-0.15, -0.1) is 0 Å². The molecule has 5 nitrogen and oxygen atoms in total. The number of piperidine rings is 1. The molecule has 2 fully saturated rings. The van der Waals surface area contributed by atoms with Crippen LogP contribution in [0, 0.1) is 5.82 Å². The van der Waals surface area contributed by atoms with E-state index in [4.69, 9.17) is 0 Å². The second-order valence-electron chi connectivity index (χ2n) is 6.90. The van der Waals surface area contributed by atoms with E-state index in [9.17, 15) is 9.18 Å². The van der Waals surface area contributed by atoms with E-state index in [1.165, 1.54) is 12.1 Å². The van der Waals surface area contributed by atoms with Crippen LogP contribution in [0.15, 0.2) is 42.7 Å².